The quantitative estimate of drug-likeness (QED) is 0.568. The molecule has 2 aliphatic rings. The van der Waals surface area contributed by atoms with Gasteiger partial charge in [0.05, 0.1) is 17.8 Å². The van der Waals surface area contributed by atoms with Gasteiger partial charge in [-0.05, 0) is 88.8 Å². The Balaban J connectivity index is 1.83. The number of carboxylic acid groups (broad SMARTS) is 1. The van der Waals surface area contributed by atoms with Gasteiger partial charge in [0.2, 0.25) is 0 Å². The van der Waals surface area contributed by atoms with Crippen LogP contribution in [0.1, 0.15) is 74.1 Å². The van der Waals surface area contributed by atoms with Crippen LogP contribution >= 0.6 is 0 Å². The molecule has 2 heterocycles. The molecule has 0 aromatic heterocycles. The molecule has 1 fully saturated rings. The second kappa shape index (κ2) is 10.1. The lowest BCUT2D eigenvalue weighted by Gasteiger charge is -2.37. The van der Waals surface area contributed by atoms with Gasteiger partial charge in [-0.3, -0.25) is 0 Å². The third kappa shape index (κ3) is 5.53. The average Bonchev–Trinajstić information content (AvgIpc) is 3.25. The van der Waals surface area contributed by atoms with Crippen LogP contribution in [-0.4, -0.2) is 57.8 Å². The highest BCUT2D eigenvalue weighted by Gasteiger charge is 2.38. The van der Waals surface area contributed by atoms with Crippen LogP contribution in [0.15, 0.2) is 24.3 Å². The summed E-state index contributed by atoms with van der Waals surface area (Å²) in [7, 11) is 0. The summed E-state index contributed by atoms with van der Waals surface area (Å²) in [5, 5.41) is 10.3. The predicted octanol–water partition coefficient (Wildman–Crippen LogP) is 5.76. The number of fused-ring (bicyclic) bond motifs is 1. The first-order valence-electron chi connectivity index (χ1n) is 13.1. The monoisotopic (exact) mass is 508 g/mol. The van der Waals surface area contributed by atoms with E-state index in [9.17, 15) is 14.7 Å². The number of rotatable bonds is 4. The maximum absolute atomic E-state index is 13.6. The molecule has 0 saturated carbocycles. The molecule has 7 nitrogen and oxygen atoms in total. The van der Waals surface area contributed by atoms with Gasteiger partial charge in [0.15, 0.2) is 6.10 Å². The summed E-state index contributed by atoms with van der Waals surface area (Å²) in [5.74, 6) is -1.02. The molecular weight excluding hydrogens is 468 g/mol. The van der Waals surface area contributed by atoms with Crippen LogP contribution in [0.2, 0.25) is 0 Å². The molecule has 0 spiro atoms. The molecule has 2 aromatic rings. The standard InChI is InChI=1S/C30H40N2O5/c1-17-9-11-22(12-10-17)25-20(4)23-15-32(29(35)31-13-18(2)36-19(3)14-31)16-24(23)21(5)26(25)27(28(33)34)37-30(6,7)8/h9-12,18-19,27H,13-16H2,1-8H3,(H,33,34)/t18-,19-,27?/m0/s1. The van der Waals surface area contributed by atoms with E-state index in [-0.39, 0.29) is 18.2 Å². The number of carboxylic acids is 1. The molecule has 3 atom stereocenters. The highest BCUT2D eigenvalue weighted by atomic mass is 16.5. The van der Waals surface area contributed by atoms with E-state index in [1.165, 1.54) is 0 Å². The van der Waals surface area contributed by atoms with Crippen molar-refractivity contribution in [3.63, 3.8) is 0 Å². The second-order valence-corrected chi connectivity index (χ2v) is 11.6. The summed E-state index contributed by atoms with van der Waals surface area (Å²) in [6, 6.07) is 8.15. The van der Waals surface area contributed by atoms with Crippen molar-refractivity contribution in [3.8, 4) is 11.1 Å². The van der Waals surface area contributed by atoms with Crippen LogP contribution in [0.5, 0.6) is 0 Å². The summed E-state index contributed by atoms with van der Waals surface area (Å²) in [5.41, 5.74) is 6.99. The van der Waals surface area contributed by atoms with E-state index in [0.717, 1.165) is 38.9 Å². The molecule has 4 rings (SSSR count). The van der Waals surface area contributed by atoms with Crippen molar-refractivity contribution in [2.45, 2.75) is 92.4 Å². The molecule has 1 unspecified atom stereocenters. The first-order chi connectivity index (χ1) is 17.3. The molecule has 200 valence electrons. The van der Waals surface area contributed by atoms with Crippen LogP contribution in [-0.2, 0) is 27.4 Å². The zero-order valence-electron chi connectivity index (χ0n) is 23.3. The maximum Gasteiger partial charge on any atom is 0.337 e. The molecule has 1 N–H and O–H groups in total. The molecule has 7 heteroatoms. The Kier molecular flexibility index (Phi) is 7.41. The Morgan fingerprint density at radius 1 is 0.946 bits per heavy atom. The number of hydrogen-bond donors (Lipinski definition) is 1. The molecule has 2 aromatic carbocycles. The molecular formula is C30H40N2O5. The molecule has 0 bridgehead atoms. The van der Waals surface area contributed by atoms with Crippen molar-refractivity contribution in [2.24, 2.45) is 0 Å². The fourth-order valence-corrected chi connectivity index (χ4v) is 5.70. The molecule has 1 saturated heterocycles. The van der Waals surface area contributed by atoms with Crippen LogP contribution in [0.4, 0.5) is 4.79 Å². The highest BCUT2D eigenvalue weighted by Crippen LogP contribution is 2.44. The van der Waals surface area contributed by atoms with Crippen LogP contribution in [0.3, 0.4) is 0 Å². The minimum Gasteiger partial charge on any atom is -0.479 e. The molecule has 2 amide bonds. The Morgan fingerprint density at radius 2 is 1.49 bits per heavy atom. The van der Waals surface area contributed by atoms with E-state index >= 15 is 0 Å². The van der Waals surface area contributed by atoms with Gasteiger partial charge in [-0.1, -0.05) is 29.8 Å². The zero-order valence-corrected chi connectivity index (χ0v) is 23.3. The van der Waals surface area contributed by atoms with Gasteiger partial charge < -0.3 is 24.4 Å². The van der Waals surface area contributed by atoms with Crippen molar-refractivity contribution >= 4 is 12.0 Å². The van der Waals surface area contributed by atoms with Crippen molar-refractivity contribution in [1.82, 2.24) is 9.80 Å². The van der Waals surface area contributed by atoms with Crippen LogP contribution < -0.4 is 0 Å². The van der Waals surface area contributed by atoms with Gasteiger partial charge in [0.25, 0.3) is 0 Å². The number of benzene rings is 2. The number of carbonyl (C=O) groups excluding carboxylic acids is 1. The lowest BCUT2D eigenvalue weighted by atomic mass is 9.83. The Hall–Kier alpha value is -2.90. The number of morpholine rings is 1. The second-order valence-electron chi connectivity index (χ2n) is 11.6. The lowest BCUT2D eigenvalue weighted by Crippen LogP contribution is -2.51. The van der Waals surface area contributed by atoms with E-state index < -0.39 is 17.7 Å². The minimum atomic E-state index is -1.13. The summed E-state index contributed by atoms with van der Waals surface area (Å²) in [4.78, 5) is 29.9. The number of amides is 2. The third-order valence-corrected chi connectivity index (χ3v) is 7.27. The van der Waals surface area contributed by atoms with Crippen molar-refractivity contribution in [2.75, 3.05) is 13.1 Å². The van der Waals surface area contributed by atoms with E-state index in [4.69, 9.17) is 9.47 Å². The fraction of sp³-hybridized carbons (Fsp3) is 0.533. The van der Waals surface area contributed by atoms with Gasteiger partial charge in [0.1, 0.15) is 0 Å². The fourth-order valence-electron chi connectivity index (χ4n) is 5.70. The van der Waals surface area contributed by atoms with Gasteiger partial charge in [-0.15, -0.1) is 0 Å². The highest BCUT2D eigenvalue weighted by molar-refractivity contribution is 5.85. The van der Waals surface area contributed by atoms with E-state index in [1.54, 1.807) is 0 Å². The summed E-state index contributed by atoms with van der Waals surface area (Å²) in [6.45, 7) is 17.7. The number of urea groups is 1. The van der Waals surface area contributed by atoms with E-state index in [2.05, 4.69) is 0 Å². The Morgan fingerprint density at radius 3 is 2.00 bits per heavy atom. The van der Waals surface area contributed by atoms with Crippen LogP contribution in [0, 0.1) is 20.8 Å². The average molecular weight is 509 g/mol. The lowest BCUT2D eigenvalue weighted by molar-refractivity contribution is -0.160. The number of ether oxygens (including phenoxy) is 2. The Labute approximate surface area is 220 Å². The maximum atomic E-state index is 13.6. The van der Waals surface area contributed by atoms with Gasteiger partial charge >= 0.3 is 12.0 Å². The van der Waals surface area contributed by atoms with E-state index in [0.29, 0.717) is 31.7 Å². The Bertz CT molecular complexity index is 1190. The van der Waals surface area contributed by atoms with Gasteiger partial charge in [-0.25, -0.2) is 9.59 Å². The normalized spacial score (nSPS) is 20.6. The molecule has 0 aliphatic carbocycles. The number of hydrogen-bond acceptors (Lipinski definition) is 4. The summed E-state index contributed by atoms with van der Waals surface area (Å²) < 4.78 is 12.0. The smallest absolute Gasteiger partial charge is 0.337 e. The predicted molar refractivity (Wildman–Crippen MR) is 144 cm³/mol. The zero-order chi connectivity index (χ0) is 27.2. The van der Waals surface area contributed by atoms with Gasteiger partial charge in [-0.2, -0.15) is 0 Å². The molecule has 37 heavy (non-hydrogen) atoms. The van der Waals surface area contributed by atoms with Crippen molar-refractivity contribution < 1.29 is 24.2 Å². The molecule has 0 radical (unpaired) electrons. The summed E-state index contributed by atoms with van der Waals surface area (Å²) >= 11 is 0. The van der Waals surface area contributed by atoms with Crippen molar-refractivity contribution in [1.29, 1.82) is 0 Å². The number of aliphatic carboxylic acids is 1. The largest absolute Gasteiger partial charge is 0.479 e. The SMILES string of the molecule is Cc1ccc(-c2c(C)c3c(c(C)c2C(OC(C)(C)C)C(=O)O)CN(C(=O)N2C[C@H](C)O[C@@H](C)C2)C3)cc1. The first-order valence-corrected chi connectivity index (χ1v) is 13.1. The number of nitrogens with zero attached hydrogens (tertiary/aromatic N) is 2. The van der Waals surface area contributed by atoms with Gasteiger partial charge in [0, 0.05) is 31.7 Å². The third-order valence-electron chi connectivity index (χ3n) is 7.27. The topological polar surface area (TPSA) is 79.3 Å². The van der Waals surface area contributed by atoms with Crippen molar-refractivity contribution in [3.05, 3.63) is 57.6 Å². The number of carbonyl (C=O) groups is 2. The molecule has 2 aliphatic heterocycles. The first kappa shape index (κ1) is 27.1. The number of aryl methyl sites for hydroxylation is 1. The minimum absolute atomic E-state index is 0.00355. The van der Waals surface area contributed by atoms with Crippen LogP contribution in [0.25, 0.3) is 11.1 Å². The van der Waals surface area contributed by atoms with E-state index in [1.807, 2.05) is 89.5 Å². The summed E-state index contributed by atoms with van der Waals surface area (Å²) in [6.07, 6.45) is -1.15.